The molecule has 1 aliphatic heterocycles. The maximum atomic E-state index is 13.8. The number of carbonyl (C=O) groups excluding carboxylic acids is 1. The molecule has 1 atom stereocenters. The molecular formula is C25H16ClF2NO2S. The first-order chi connectivity index (χ1) is 15.3. The average Bonchev–Trinajstić information content (AvgIpc) is 2.79. The molecule has 0 fully saturated rings. The van der Waals surface area contributed by atoms with E-state index in [1.165, 1.54) is 34.6 Å². The average molecular weight is 468 g/mol. The van der Waals surface area contributed by atoms with Crippen LogP contribution in [0.5, 0.6) is 0 Å². The number of anilines is 1. The molecule has 3 nitrogen and oxygen atoms in total. The lowest BCUT2D eigenvalue weighted by Crippen LogP contribution is -2.31. The van der Waals surface area contributed by atoms with Crippen molar-refractivity contribution in [3.05, 3.63) is 104 Å². The summed E-state index contributed by atoms with van der Waals surface area (Å²) in [5, 5.41) is -0.0328. The number of Topliss-reactive ketones (excluding diaryl/α,β-unsaturated/α-hetero) is 1. The third-order valence-corrected chi connectivity index (χ3v) is 6.60. The molecule has 0 bridgehead atoms. The molecule has 0 spiro atoms. The second-order valence-corrected chi connectivity index (χ2v) is 8.99. The molecule has 160 valence electrons. The number of rotatable bonds is 2. The van der Waals surface area contributed by atoms with E-state index in [2.05, 4.69) is 11.8 Å². The van der Waals surface area contributed by atoms with Gasteiger partial charge in [0.25, 0.3) is 0 Å². The number of ketones is 1. The van der Waals surface area contributed by atoms with E-state index in [1.807, 2.05) is 0 Å². The molecule has 4 rings (SSSR count). The number of carbonyl (C=O) groups is 1. The molecular weight excluding hydrogens is 452 g/mol. The van der Waals surface area contributed by atoms with E-state index in [0.717, 1.165) is 5.56 Å². The predicted octanol–water partition coefficient (Wildman–Crippen LogP) is 5.55. The zero-order chi connectivity index (χ0) is 22.8. The monoisotopic (exact) mass is 467 g/mol. The van der Waals surface area contributed by atoms with Gasteiger partial charge in [0.2, 0.25) is 5.78 Å². The second kappa shape index (κ2) is 9.07. The molecule has 1 unspecified atom stereocenters. The van der Waals surface area contributed by atoms with Crippen LogP contribution >= 0.6 is 11.6 Å². The van der Waals surface area contributed by atoms with Crippen molar-refractivity contribution >= 4 is 40.1 Å². The summed E-state index contributed by atoms with van der Waals surface area (Å²) in [6, 6.07) is 15.3. The fraction of sp³-hybridized carbons (Fsp3) is 0.0800. The van der Waals surface area contributed by atoms with Gasteiger partial charge in [0.05, 0.1) is 10.7 Å². The topological polar surface area (TPSA) is 37.4 Å². The van der Waals surface area contributed by atoms with Crippen LogP contribution in [0, 0.1) is 23.5 Å². The quantitative estimate of drug-likeness (QED) is 0.366. The van der Waals surface area contributed by atoms with Crippen molar-refractivity contribution in [2.45, 2.75) is 6.42 Å². The molecule has 0 N–H and O–H groups in total. The lowest BCUT2D eigenvalue weighted by atomic mass is 10.0. The molecule has 32 heavy (non-hydrogen) atoms. The van der Waals surface area contributed by atoms with Crippen LogP contribution in [-0.4, -0.2) is 17.0 Å². The van der Waals surface area contributed by atoms with Crippen LogP contribution in [0.2, 0.25) is 5.02 Å². The van der Waals surface area contributed by atoms with Crippen LogP contribution in [0.1, 0.15) is 27.0 Å². The smallest absolute Gasteiger partial charge is 0.205 e. The lowest BCUT2D eigenvalue weighted by molar-refractivity contribution is 0.104. The molecule has 1 aliphatic rings. The Hall–Kier alpha value is -3.27. The maximum absolute atomic E-state index is 13.8. The van der Waals surface area contributed by atoms with Crippen molar-refractivity contribution in [2.75, 3.05) is 11.4 Å². The minimum absolute atomic E-state index is 0.0328. The van der Waals surface area contributed by atoms with E-state index in [-0.39, 0.29) is 15.7 Å². The van der Waals surface area contributed by atoms with Gasteiger partial charge in [-0.3, -0.25) is 9.10 Å². The van der Waals surface area contributed by atoms with Gasteiger partial charge in [-0.25, -0.2) is 13.0 Å². The largest absolute Gasteiger partial charge is 0.290 e. The van der Waals surface area contributed by atoms with Gasteiger partial charge in [0, 0.05) is 24.6 Å². The number of hydrogen-bond acceptors (Lipinski definition) is 2. The molecule has 0 saturated heterocycles. The molecule has 3 aromatic carbocycles. The Morgan fingerprint density at radius 1 is 1.06 bits per heavy atom. The molecule has 3 aromatic rings. The molecule has 0 amide bonds. The van der Waals surface area contributed by atoms with Gasteiger partial charge in [-0.2, -0.15) is 0 Å². The number of allylic oxidation sites excluding steroid dienone is 1. The zero-order valence-corrected chi connectivity index (χ0v) is 18.4. The van der Waals surface area contributed by atoms with E-state index in [9.17, 15) is 17.8 Å². The minimum Gasteiger partial charge on any atom is -0.290 e. The highest BCUT2D eigenvalue weighted by molar-refractivity contribution is 7.91. The third-order valence-electron chi connectivity index (χ3n) is 4.92. The molecule has 0 radical (unpaired) electrons. The number of benzene rings is 3. The van der Waals surface area contributed by atoms with E-state index in [4.69, 9.17) is 11.6 Å². The minimum atomic E-state index is -1.74. The van der Waals surface area contributed by atoms with Gasteiger partial charge in [0.1, 0.15) is 16.5 Å². The summed E-state index contributed by atoms with van der Waals surface area (Å²) < 4.78 is 41.2. The Morgan fingerprint density at radius 3 is 2.53 bits per heavy atom. The first-order valence-electron chi connectivity index (χ1n) is 9.58. The third kappa shape index (κ3) is 4.50. The number of fused-ring (bicyclic) bond motifs is 1. The van der Waals surface area contributed by atoms with Gasteiger partial charge < -0.3 is 0 Å². The first kappa shape index (κ1) is 21.9. The van der Waals surface area contributed by atoms with Gasteiger partial charge in [-0.15, -0.1) is 0 Å². The van der Waals surface area contributed by atoms with Crippen molar-refractivity contribution in [1.29, 1.82) is 0 Å². The summed E-state index contributed by atoms with van der Waals surface area (Å²) in [5.41, 5.74) is 2.77. The zero-order valence-electron chi connectivity index (χ0n) is 16.9. The van der Waals surface area contributed by atoms with Crippen molar-refractivity contribution < 1.29 is 17.8 Å². The van der Waals surface area contributed by atoms with E-state index in [0.29, 0.717) is 28.8 Å². The standard InChI is InChI=1S/C25H16ClF2NO2S/c1-29-23-12-8-17(4-2-3-16-5-9-19(27)10-6-16)13-20(23)25(30)24(32(29)31)15-18-7-11-21(26)22(28)14-18/h5-15H,3H2,1H3/b24-15-. The fourth-order valence-electron chi connectivity index (χ4n) is 3.24. The summed E-state index contributed by atoms with van der Waals surface area (Å²) in [6.45, 7) is 0. The highest BCUT2D eigenvalue weighted by Gasteiger charge is 2.32. The number of nitrogens with zero attached hydrogens (tertiary/aromatic N) is 1. The molecule has 0 aliphatic carbocycles. The van der Waals surface area contributed by atoms with Crippen molar-refractivity contribution in [2.24, 2.45) is 0 Å². The van der Waals surface area contributed by atoms with Crippen molar-refractivity contribution in [3.63, 3.8) is 0 Å². The normalized spacial score (nSPS) is 16.5. The van der Waals surface area contributed by atoms with Crippen LogP contribution in [-0.2, 0) is 17.4 Å². The number of hydrogen-bond donors (Lipinski definition) is 0. The first-order valence-corrected chi connectivity index (χ1v) is 11.1. The molecule has 0 saturated carbocycles. The molecule has 1 heterocycles. The van der Waals surface area contributed by atoms with Crippen LogP contribution in [0.3, 0.4) is 0 Å². The Labute approximate surface area is 191 Å². The fourth-order valence-corrected chi connectivity index (χ4v) is 4.50. The van der Waals surface area contributed by atoms with Crippen molar-refractivity contribution in [1.82, 2.24) is 0 Å². The van der Waals surface area contributed by atoms with Gasteiger partial charge >= 0.3 is 0 Å². The van der Waals surface area contributed by atoms with Gasteiger partial charge in [0.15, 0.2) is 11.0 Å². The summed E-state index contributed by atoms with van der Waals surface area (Å²) in [4.78, 5) is 13.2. The van der Waals surface area contributed by atoms with Gasteiger partial charge in [-0.1, -0.05) is 41.6 Å². The summed E-state index contributed by atoms with van der Waals surface area (Å²) in [6.07, 6.45) is 1.84. The van der Waals surface area contributed by atoms with E-state index < -0.39 is 22.6 Å². The summed E-state index contributed by atoms with van der Waals surface area (Å²) in [7, 11) is -0.120. The summed E-state index contributed by atoms with van der Waals surface area (Å²) >= 11 is 5.72. The Bertz CT molecular complexity index is 1340. The highest BCUT2D eigenvalue weighted by atomic mass is 35.5. The predicted molar refractivity (Wildman–Crippen MR) is 124 cm³/mol. The molecule has 7 heteroatoms. The highest BCUT2D eigenvalue weighted by Crippen LogP contribution is 2.33. The van der Waals surface area contributed by atoms with Crippen LogP contribution in [0.15, 0.2) is 65.6 Å². The summed E-state index contributed by atoms with van der Waals surface area (Å²) in [5.74, 6) is 4.69. The van der Waals surface area contributed by atoms with Crippen LogP contribution in [0.25, 0.3) is 6.08 Å². The Morgan fingerprint density at radius 2 is 1.81 bits per heavy atom. The Kier molecular flexibility index (Phi) is 6.22. The second-order valence-electron chi connectivity index (χ2n) is 7.09. The Balaban J connectivity index is 1.65. The maximum Gasteiger partial charge on any atom is 0.205 e. The van der Waals surface area contributed by atoms with Gasteiger partial charge in [-0.05, 0) is 59.7 Å². The van der Waals surface area contributed by atoms with Crippen LogP contribution < -0.4 is 4.31 Å². The van der Waals surface area contributed by atoms with E-state index >= 15 is 0 Å². The van der Waals surface area contributed by atoms with Crippen molar-refractivity contribution in [3.8, 4) is 11.8 Å². The number of halogens is 3. The lowest BCUT2D eigenvalue weighted by Gasteiger charge is -2.27. The van der Waals surface area contributed by atoms with E-state index in [1.54, 1.807) is 43.4 Å². The van der Waals surface area contributed by atoms with Crippen LogP contribution in [0.4, 0.5) is 14.5 Å². The SMILES string of the molecule is CN1c2ccc(C#CCc3ccc(F)cc3)cc2C(=O)/C(=C/c2ccc(Cl)c(F)c2)S1=O. The molecule has 0 aromatic heterocycles.